The summed E-state index contributed by atoms with van der Waals surface area (Å²) in [6, 6.07) is 9.38. The van der Waals surface area contributed by atoms with Crippen LogP contribution in [0.2, 0.25) is 0 Å². The average Bonchev–Trinajstić information content (AvgIpc) is 2.69. The zero-order valence-corrected chi connectivity index (χ0v) is 15.6. The molecule has 0 saturated carbocycles. The number of fused-ring (bicyclic) bond motifs is 1. The highest BCUT2D eigenvalue weighted by atomic mass is 32.2. The van der Waals surface area contributed by atoms with Crippen LogP contribution in [0, 0.1) is 0 Å². The number of hydrogen-bond acceptors (Lipinski definition) is 4. The minimum atomic E-state index is -3.43. The normalized spacial score (nSPS) is 19.1. The number of sulfonamides is 1. The molecule has 0 N–H and O–H groups in total. The maximum atomic E-state index is 13.0. The van der Waals surface area contributed by atoms with Crippen LogP contribution in [-0.4, -0.2) is 36.9 Å². The number of rotatable bonds is 4. The molecule has 1 aliphatic heterocycles. The molecule has 2 aliphatic rings. The second kappa shape index (κ2) is 7.37. The summed E-state index contributed by atoms with van der Waals surface area (Å²) in [5.41, 5.74) is 2.51. The Balaban J connectivity index is 1.43. The zero-order valence-electron chi connectivity index (χ0n) is 14.8. The lowest BCUT2D eigenvalue weighted by Gasteiger charge is -2.31. The number of pyridine rings is 1. The Kier molecular flexibility index (Phi) is 4.96. The lowest BCUT2D eigenvalue weighted by Crippen LogP contribution is -2.41. The van der Waals surface area contributed by atoms with E-state index in [1.165, 1.54) is 17.5 Å². The first-order valence-electron chi connectivity index (χ1n) is 9.31. The third-order valence-corrected chi connectivity index (χ3v) is 7.19. The number of nitrogens with zero attached hydrogens (tertiary/aromatic N) is 2. The molecular formula is C20H24N2O3S. The molecular weight excluding hydrogens is 348 g/mol. The summed E-state index contributed by atoms with van der Waals surface area (Å²) in [6.07, 6.45) is 9.22. The molecule has 1 aliphatic carbocycles. The van der Waals surface area contributed by atoms with Gasteiger partial charge in [-0.15, -0.1) is 0 Å². The van der Waals surface area contributed by atoms with E-state index in [1.807, 2.05) is 24.3 Å². The lowest BCUT2D eigenvalue weighted by molar-refractivity contribution is 0.134. The second-order valence-electron chi connectivity index (χ2n) is 7.05. The summed E-state index contributed by atoms with van der Waals surface area (Å²) in [5.74, 6) is 0.739. The van der Waals surface area contributed by atoms with Crippen molar-refractivity contribution in [3.05, 3.63) is 53.9 Å². The molecule has 1 aromatic carbocycles. The molecule has 138 valence electrons. The number of benzene rings is 1. The van der Waals surface area contributed by atoms with Crippen molar-refractivity contribution in [3.8, 4) is 5.75 Å². The van der Waals surface area contributed by atoms with Crippen molar-refractivity contribution in [2.45, 2.75) is 49.5 Å². The van der Waals surface area contributed by atoms with Crippen molar-refractivity contribution < 1.29 is 13.2 Å². The van der Waals surface area contributed by atoms with Crippen molar-refractivity contribution in [2.75, 3.05) is 13.1 Å². The largest absolute Gasteiger partial charge is 0.489 e. The number of aromatic nitrogens is 1. The van der Waals surface area contributed by atoms with E-state index in [1.54, 1.807) is 22.8 Å². The third-order valence-electron chi connectivity index (χ3n) is 5.30. The molecule has 2 aromatic rings. The number of piperidine rings is 1. The van der Waals surface area contributed by atoms with Crippen LogP contribution >= 0.6 is 0 Å². The molecule has 0 unspecified atom stereocenters. The van der Waals surface area contributed by atoms with E-state index in [2.05, 4.69) is 4.98 Å². The molecule has 1 saturated heterocycles. The van der Waals surface area contributed by atoms with Crippen molar-refractivity contribution in [3.63, 3.8) is 0 Å². The fraction of sp³-hybridized carbons (Fsp3) is 0.450. The summed E-state index contributed by atoms with van der Waals surface area (Å²) in [6.45, 7) is 0.981. The van der Waals surface area contributed by atoms with Crippen LogP contribution in [-0.2, 0) is 22.9 Å². The van der Waals surface area contributed by atoms with E-state index in [-0.39, 0.29) is 6.10 Å². The molecule has 1 fully saturated rings. The lowest BCUT2D eigenvalue weighted by atomic mass is 9.92. The summed E-state index contributed by atoms with van der Waals surface area (Å²) in [7, 11) is -3.43. The van der Waals surface area contributed by atoms with E-state index in [0.717, 1.165) is 25.0 Å². The van der Waals surface area contributed by atoms with Gasteiger partial charge in [-0.25, -0.2) is 8.42 Å². The van der Waals surface area contributed by atoms with E-state index in [9.17, 15) is 8.42 Å². The molecule has 0 spiro atoms. The van der Waals surface area contributed by atoms with Gasteiger partial charge in [0.25, 0.3) is 0 Å². The number of hydrogen-bond donors (Lipinski definition) is 0. The molecule has 4 rings (SSSR count). The van der Waals surface area contributed by atoms with Gasteiger partial charge in [-0.05, 0) is 73.9 Å². The van der Waals surface area contributed by atoms with Crippen molar-refractivity contribution >= 4 is 10.0 Å². The van der Waals surface area contributed by atoms with Gasteiger partial charge < -0.3 is 4.74 Å². The van der Waals surface area contributed by atoms with E-state index < -0.39 is 10.0 Å². The maximum absolute atomic E-state index is 13.0. The Morgan fingerprint density at radius 3 is 2.54 bits per heavy atom. The first kappa shape index (κ1) is 17.5. The first-order chi connectivity index (χ1) is 12.6. The van der Waals surface area contributed by atoms with Gasteiger partial charge in [-0.2, -0.15) is 4.31 Å². The standard InChI is InChI=1S/C20H24N2O3S/c23-26(24,20-8-7-16-4-1-2-5-17(16)14-20)22-12-9-18(10-13-22)25-19-6-3-11-21-15-19/h3,6-8,11,14-15,18H,1-2,4-5,9-10,12-13H2. The Hall–Kier alpha value is -1.92. The van der Waals surface area contributed by atoms with E-state index >= 15 is 0 Å². The Morgan fingerprint density at radius 2 is 1.81 bits per heavy atom. The van der Waals surface area contributed by atoms with Crippen molar-refractivity contribution in [1.82, 2.24) is 9.29 Å². The van der Waals surface area contributed by atoms with Crippen LogP contribution in [0.15, 0.2) is 47.6 Å². The van der Waals surface area contributed by atoms with Crippen LogP contribution < -0.4 is 4.74 Å². The van der Waals surface area contributed by atoms with Crippen LogP contribution in [0.5, 0.6) is 5.75 Å². The van der Waals surface area contributed by atoms with Gasteiger partial charge in [-0.1, -0.05) is 6.07 Å². The third kappa shape index (κ3) is 3.62. The molecule has 6 heteroatoms. The molecule has 0 radical (unpaired) electrons. The van der Waals surface area contributed by atoms with Crippen LogP contribution in [0.1, 0.15) is 36.8 Å². The number of aryl methyl sites for hydroxylation is 2. The monoisotopic (exact) mass is 372 g/mol. The van der Waals surface area contributed by atoms with Crippen molar-refractivity contribution in [2.24, 2.45) is 0 Å². The molecule has 2 heterocycles. The Bertz CT molecular complexity index is 860. The second-order valence-corrected chi connectivity index (χ2v) is 8.99. The summed E-state index contributed by atoms with van der Waals surface area (Å²) in [5, 5.41) is 0. The topological polar surface area (TPSA) is 59.5 Å². The van der Waals surface area contributed by atoms with Gasteiger partial charge in [-0.3, -0.25) is 4.98 Å². The summed E-state index contributed by atoms with van der Waals surface area (Å²) in [4.78, 5) is 4.48. The SMILES string of the molecule is O=S(=O)(c1ccc2c(c1)CCCC2)N1CCC(Oc2cccnc2)CC1. The van der Waals surface area contributed by atoms with E-state index in [0.29, 0.717) is 30.8 Å². The minimum Gasteiger partial charge on any atom is -0.489 e. The highest BCUT2D eigenvalue weighted by Gasteiger charge is 2.30. The average molecular weight is 372 g/mol. The molecule has 0 amide bonds. The molecule has 26 heavy (non-hydrogen) atoms. The van der Waals surface area contributed by atoms with Crippen LogP contribution in [0.4, 0.5) is 0 Å². The maximum Gasteiger partial charge on any atom is 0.243 e. The molecule has 0 atom stereocenters. The summed E-state index contributed by atoms with van der Waals surface area (Å²) >= 11 is 0. The van der Waals surface area contributed by atoms with Gasteiger partial charge in [0.2, 0.25) is 10.0 Å². The molecule has 1 aromatic heterocycles. The van der Waals surface area contributed by atoms with Gasteiger partial charge in [0.1, 0.15) is 11.9 Å². The molecule has 0 bridgehead atoms. The van der Waals surface area contributed by atoms with Gasteiger partial charge in [0, 0.05) is 19.3 Å². The summed E-state index contributed by atoms with van der Waals surface area (Å²) < 4.78 is 33.5. The van der Waals surface area contributed by atoms with Crippen molar-refractivity contribution in [1.29, 1.82) is 0 Å². The van der Waals surface area contributed by atoms with Gasteiger partial charge in [0.05, 0.1) is 11.1 Å². The highest BCUT2D eigenvalue weighted by Crippen LogP contribution is 2.27. The Morgan fingerprint density at radius 1 is 1.04 bits per heavy atom. The predicted molar refractivity (Wildman–Crippen MR) is 99.7 cm³/mol. The van der Waals surface area contributed by atoms with Crippen LogP contribution in [0.25, 0.3) is 0 Å². The predicted octanol–water partition coefficient (Wildman–Crippen LogP) is 3.19. The highest BCUT2D eigenvalue weighted by molar-refractivity contribution is 7.89. The first-order valence-corrected chi connectivity index (χ1v) is 10.8. The fourth-order valence-corrected chi connectivity index (χ4v) is 5.34. The van der Waals surface area contributed by atoms with E-state index in [4.69, 9.17) is 4.74 Å². The minimum absolute atomic E-state index is 0.0363. The molecule has 5 nitrogen and oxygen atoms in total. The smallest absolute Gasteiger partial charge is 0.243 e. The van der Waals surface area contributed by atoms with Gasteiger partial charge in [0.15, 0.2) is 0 Å². The van der Waals surface area contributed by atoms with Crippen LogP contribution in [0.3, 0.4) is 0 Å². The Labute approximate surface area is 155 Å². The number of ether oxygens (including phenoxy) is 1. The quantitative estimate of drug-likeness (QED) is 0.827. The van der Waals surface area contributed by atoms with Gasteiger partial charge >= 0.3 is 0 Å². The fourth-order valence-electron chi connectivity index (χ4n) is 3.82. The zero-order chi connectivity index (χ0) is 18.0.